The average molecular weight is 304 g/mol. The molecule has 0 aliphatic heterocycles. The van der Waals surface area contributed by atoms with Crippen molar-refractivity contribution >= 4 is 0 Å². The lowest BCUT2D eigenvalue weighted by molar-refractivity contribution is -0.0530. The second-order valence-electron chi connectivity index (χ2n) is 8.54. The summed E-state index contributed by atoms with van der Waals surface area (Å²) >= 11 is 0. The van der Waals surface area contributed by atoms with Crippen LogP contribution in [0.5, 0.6) is 0 Å². The van der Waals surface area contributed by atoms with Gasteiger partial charge in [-0.15, -0.1) is 0 Å². The van der Waals surface area contributed by atoms with Crippen LogP contribution in [-0.2, 0) is 0 Å². The average Bonchev–Trinajstić information content (AvgIpc) is 2.77. The molecule has 0 radical (unpaired) electrons. The van der Waals surface area contributed by atoms with Crippen LogP contribution in [0.2, 0.25) is 0 Å². The van der Waals surface area contributed by atoms with Gasteiger partial charge in [0.2, 0.25) is 0 Å². The lowest BCUT2D eigenvalue weighted by Gasteiger charge is -2.56. The second-order valence-corrected chi connectivity index (χ2v) is 8.54. The highest BCUT2D eigenvalue weighted by Crippen LogP contribution is 2.62. The van der Waals surface area contributed by atoms with E-state index in [2.05, 4.69) is 26.0 Å². The smallest absolute Gasteiger partial charge is 0.0724 e. The van der Waals surface area contributed by atoms with E-state index >= 15 is 0 Å². The van der Waals surface area contributed by atoms with Gasteiger partial charge in [-0.25, -0.2) is 0 Å². The van der Waals surface area contributed by atoms with Crippen LogP contribution >= 0.6 is 0 Å². The number of fused-ring (bicyclic) bond motifs is 5. The topological polar surface area (TPSA) is 60.7 Å². The van der Waals surface area contributed by atoms with Crippen LogP contribution in [0, 0.1) is 28.6 Å². The molecular formula is C19H28O3. The van der Waals surface area contributed by atoms with E-state index in [1.165, 1.54) is 5.57 Å². The predicted octanol–water partition coefficient (Wildman–Crippen LogP) is 2.42. The van der Waals surface area contributed by atoms with Crippen molar-refractivity contribution in [3.05, 3.63) is 23.8 Å². The Morgan fingerprint density at radius 2 is 1.86 bits per heavy atom. The molecule has 0 aromatic carbocycles. The van der Waals surface area contributed by atoms with E-state index in [1.54, 1.807) is 0 Å². The van der Waals surface area contributed by atoms with Crippen LogP contribution in [0.25, 0.3) is 0 Å². The van der Waals surface area contributed by atoms with Crippen LogP contribution in [0.15, 0.2) is 23.8 Å². The summed E-state index contributed by atoms with van der Waals surface area (Å²) < 4.78 is 0. The van der Waals surface area contributed by atoms with Crippen molar-refractivity contribution in [3.8, 4) is 0 Å². The number of allylic oxidation sites excluding steroid dienone is 2. The minimum atomic E-state index is -0.371. The number of rotatable bonds is 0. The summed E-state index contributed by atoms with van der Waals surface area (Å²) in [5, 5.41) is 31.2. The molecule has 8 atom stereocenters. The molecule has 3 heteroatoms. The van der Waals surface area contributed by atoms with Gasteiger partial charge in [0.1, 0.15) is 0 Å². The Morgan fingerprint density at radius 1 is 1.09 bits per heavy atom. The molecule has 0 spiro atoms. The van der Waals surface area contributed by atoms with Crippen molar-refractivity contribution in [1.82, 2.24) is 0 Å². The Balaban J connectivity index is 1.78. The van der Waals surface area contributed by atoms with E-state index in [9.17, 15) is 15.3 Å². The van der Waals surface area contributed by atoms with E-state index < -0.39 is 0 Å². The summed E-state index contributed by atoms with van der Waals surface area (Å²) in [6, 6.07) is 0. The lowest BCUT2D eigenvalue weighted by Crippen LogP contribution is -2.52. The Kier molecular flexibility index (Phi) is 3.18. The summed E-state index contributed by atoms with van der Waals surface area (Å²) in [6.45, 7) is 4.48. The molecule has 2 saturated carbocycles. The van der Waals surface area contributed by atoms with Gasteiger partial charge in [-0.2, -0.15) is 0 Å². The number of aliphatic hydroxyl groups is 3. The highest BCUT2D eigenvalue weighted by atomic mass is 16.3. The standard InChI is InChI=1S/C19H28O3/c1-18-7-5-12(20)9-11(18)10-15(21)17-13-3-4-16(22)19(13,2)8-6-14(17)18/h5-7,11-13,15-17,20-22H,3-4,8-10H2,1-2H3/t11?,12?,13-,15?,16?,17-,18-,19-/m0/s1. The zero-order valence-corrected chi connectivity index (χ0v) is 13.6. The maximum Gasteiger partial charge on any atom is 0.0724 e. The van der Waals surface area contributed by atoms with Crippen molar-refractivity contribution in [3.63, 3.8) is 0 Å². The Labute approximate surface area is 132 Å². The summed E-state index contributed by atoms with van der Waals surface area (Å²) in [5.74, 6) is 0.883. The van der Waals surface area contributed by atoms with Gasteiger partial charge in [-0.05, 0) is 43.9 Å². The van der Waals surface area contributed by atoms with Crippen LogP contribution < -0.4 is 0 Å². The minimum absolute atomic E-state index is 0.0298. The number of aliphatic hydroxyl groups excluding tert-OH is 3. The van der Waals surface area contributed by atoms with Gasteiger partial charge in [0.05, 0.1) is 18.3 Å². The van der Waals surface area contributed by atoms with Crippen molar-refractivity contribution in [2.45, 2.75) is 64.3 Å². The third-order valence-corrected chi connectivity index (χ3v) is 7.52. The fourth-order valence-corrected chi connectivity index (χ4v) is 6.03. The van der Waals surface area contributed by atoms with Crippen LogP contribution in [0.4, 0.5) is 0 Å². The van der Waals surface area contributed by atoms with Crippen molar-refractivity contribution in [2.24, 2.45) is 28.6 Å². The third kappa shape index (κ3) is 1.79. The van der Waals surface area contributed by atoms with Gasteiger partial charge in [-0.3, -0.25) is 0 Å². The molecule has 122 valence electrons. The third-order valence-electron chi connectivity index (χ3n) is 7.52. The van der Waals surface area contributed by atoms with Gasteiger partial charge in [0.25, 0.3) is 0 Å². The molecule has 2 fully saturated rings. The molecule has 0 saturated heterocycles. The van der Waals surface area contributed by atoms with Gasteiger partial charge in [-0.1, -0.05) is 37.6 Å². The van der Waals surface area contributed by atoms with Gasteiger partial charge >= 0.3 is 0 Å². The molecule has 0 aromatic heterocycles. The zero-order chi connectivity index (χ0) is 15.7. The molecule has 0 heterocycles. The molecule has 3 nitrogen and oxygen atoms in total. The van der Waals surface area contributed by atoms with Crippen molar-refractivity contribution < 1.29 is 15.3 Å². The first kappa shape index (κ1) is 14.9. The molecule has 22 heavy (non-hydrogen) atoms. The predicted molar refractivity (Wildman–Crippen MR) is 85.0 cm³/mol. The zero-order valence-electron chi connectivity index (χ0n) is 13.6. The minimum Gasteiger partial charge on any atom is -0.393 e. The highest BCUT2D eigenvalue weighted by Gasteiger charge is 2.58. The van der Waals surface area contributed by atoms with Crippen LogP contribution in [-0.4, -0.2) is 33.6 Å². The summed E-state index contributed by atoms with van der Waals surface area (Å²) in [7, 11) is 0. The molecule has 0 amide bonds. The summed E-state index contributed by atoms with van der Waals surface area (Å²) in [5.41, 5.74) is 1.27. The maximum absolute atomic E-state index is 10.9. The van der Waals surface area contributed by atoms with Crippen LogP contribution in [0.1, 0.15) is 46.0 Å². The fourth-order valence-electron chi connectivity index (χ4n) is 6.03. The molecule has 3 N–H and O–H groups in total. The van der Waals surface area contributed by atoms with E-state index in [1.807, 2.05) is 6.08 Å². The summed E-state index contributed by atoms with van der Waals surface area (Å²) in [4.78, 5) is 0. The van der Waals surface area contributed by atoms with E-state index in [0.29, 0.717) is 11.8 Å². The van der Waals surface area contributed by atoms with E-state index in [0.717, 1.165) is 32.1 Å². The SMILES string of the molecule is C[C@]12C=CC(O)CC1CC(O)[C@@H]1C2=CC[C@]2(C)C(O)CC[C@@H]12. The Morgan fingerprint density at radius 3 is 2.64 bits per heavy atom. The summed E-state index contributed by atoms with van der Waals surface area (Å²) in [6.07, 6.45) is 9.79. The van der Waals surface area contributed by atoms with Gasteiger partial charge < -0.3 is 15.3 Å². The van der Waals surface area contributed by atoms with Gasteiger partial charge in [0, 0.05) is 16.7 Å². The van der Waals surface area contributed by atoms with Crippen molar-refractivity contribution in [2.75, 3.05) is 0 Å². The first-order valence-corrected chi connectivity index (χ1v) is 8.80. The van der Waals surface area contributed by atoms with Crippen LogP contribution in [0.3, 0.4) is 0 Å². The molecule has 4 unspecified atom stereocenters. The Bertz CT molecular complexity index is 539. The molecule has 0 aromatic rings. The second kappa shape index (κ2) is 4.68. The van der Waals surface area contributed by atoms with E-state index in [4.69, 9.17) is 0 Å². The molecule has 4 aliphatic rings. The van der Waals surface area contributed by atoms with E-state index in [-0.39, 0.29) is 35.1 Å². The Hall–Kier alpha value is -0.640. The van der Waals surface area contributed by atoms with Crippen molar-refractivity contribution in [1.29, 1.82) is 0 Å². The molecule has 4 rings (SSSR count). The normalized spacial score (nSPS) is 56.9. The molecule has 0 bridgehead atoms. The largest absolute Gasteiger partial charge is 0.393 e. The molecule has 4 aliphatic carbocycles. The maximum atomic E-state index is 10.9. The molecular weight excluding hydrogens is 276 g/mol. The monoisotopic (exact) mass is 304 g/mol. The van der Waals surface area contributed by atoms with Gasteiger partial charge in [0.15, 0.2) is 0 Å². The fraction of sp³-hybridized carbons (Fsp3) is 0.789. The first-order valence-electron chi connectivity index (χ1n) is 8.80. The first-order chi connectivity index (χ1) is 10.4. The lowest BCUT2D eigenvalue weighted by atomic mass is 9.50. The number of hydrogen-bond acceptors (Lipinski definition) is 3. The quantitative estimate of drug-likeness (QED) is 0.602. The highest BCUT2D eigenvalue weighted by molar-refractivity contribution is 5.35. The number of hydrogen-bond donors (Lipinski definition) is 3.